The summed E-state index contributed by atoms with van der Waals surface area (Å²) in [4.78, 5) is 16.9. The van der Waals surface area contributed by atoms with Gasteiger partial charge in [0, 0.05) is 12.6 Å². The molecule has 0 radical (unpaired) electrons. The molecule has 1 atom stereocenters. The molecule has 6 heteroatoms. The van der Waals surface area contributed by atoms with Gasteiger partial charge in [0.1, 0.15) is 5.75 Å². The van der Waals surface area contributed by atoms with Gasteiger partial charge in [-0.15, -0.1) is 0 Å². The van der Waals surface area contributed by atoms with Crippen molar-refractivity contribution in [2.24, 2.45) is 7.05 Å². The van der Waals surface area contributed by atoms with Crippen molar-refractivity contribution in [1.29, 1.82) is 0 Å². The van der Waals surface area contributed by atoms with Crippen LogP contribution in [0.3, 0.4) is 0 Å². The summed E-state index contributed by atoms with van der Waals surface area (Å²) in [5.41, 5.74) is 2.97. The number of rotatable bonds is 6. The van der Waals surface area contributed by atoms with Crippen molar-refractivity contribution in [3.05, 3.63) is 54.1 Å². The number of imidazole rings is 1. The molecule has 0 saturated heterocycles. The number of ether oxygens (including phenoxy) is 1. The molecule has 5 nitrogen and oxygen atoms in total. The van der Waals surface area contributed by atoms with Crippen LogP contribution in [0.25, 0.3) is 11.0 Å². The SMILES string of the molecule is COc1ccccc1C(C)NC(=O)CSc1nc2ccccc2n1C. The summed E-state index contributed by atoms with van der Waals surface area (Å²) in [5.74, 6) is 1.06. The van der Waals surface area contributed by atoms with Crippen LogP contribution in [-0.2, 0) is 11.8 Å². The minimum Gasteiger partial charge on any atom is -0.496 e. The topological polar surface area (TPSA) is 56.1 Å². The Morgan fingerprint density at radius 2 is 1.96 bits per heavy atom. The fourth-order valence-electron chi connectivity index (χ4n) is 2.77. The molecule has 25 heavy (non-hydrogen) atoms. The van der Waals surface area contributed by atoms with Crippen LogP contribution in [0.5, 0.6) is 5.75 Å². The van der Waals surface area contributed by atoms with E-state index in [1.165, 1.54) is 11.8 Å². The van der Waals surface area contributed by atoms with Crippen molar-refractivity contribution >= 4 is 28.7 Å². The van der Waals surface area contributed by atoms with Crippen LogP contribution in [0, 0.1) is 0 Å². The number of nitrogens with zero attached hydrogens (tertiary/aromatic N) is 2. The van der Waals surface area contributed by atoms with E-state index in [1.54, 1.807) is 7.11 Å². The van der Waals surface area contributed by atoms with Crippen molar-refractivity contribution in [3.63, 3.8) is 0 Å². The average Bonchev–Trinajstić information content (AvgIpc) is 2.96. The van der Waals surface area contributed by atoms with Crippen molar-refractivity contribution in [2.75, 3.05) is 12.9 Å². The molecule has 0 aliphatic rings. The van der Waals surface area contributed by atoms with Crippen LogP contribution in [0.1, 0.15) is 18.5 Å². The summed E-state index contributed by atoms with van der Waals surface area (Å²) in [7, 11) is 3.60. The number of fused-ring (bicyclic) bond motifs is 1. The summed E-state index contributed by atoms with van der Waals surface area (Å²) >= 11 is 1.44. The van der Waals surface area contributed by atoms with Crippen molar-refractivity contribution in [2.45, 2.75) is 18.1 Å². The zero-order chi connectivity index (χ0) is 17.8. The van der Waals surface area contributed by atoms with Crippen molar-refractivity contribution in [1.82, 2.24) is 14.9 Å². The van der Waals surface area contributed by atoms with Gasteiger partial charge in [-0.1, -0.05) is 42.1 Å². The summed E-state index contributed by atoms with van der Waals surface area (Å²) in [6, 6.07) is 15.5. The number of aryl methyl sites for hydroxylation is 1. The van der Waals surface area contributed by atoms with Gasteiger partial charge in [0.25, 0.3) is 0 Å². The van der Waals surface area contributed by atoms with Crippen LogP contribution in [0.15, 0.2) is 53.7 Å². The summed E-state index contributed by atoms with van der Waals surface area (Å²) in [6.45, 7) is 1.95. The third kappa shape index (κ3) is 3.79. The molecule has 0 spiro atoms. The lowest BCUT2D eigenvalue weighted by atomic mass is 10.1. The zero-order valence-corrected chi connectivity index (χ0v) is 15.3. The molecule has 0 aliphatic heterocycles. The maximum atomic E-state index is 12.3. The zero-order valence-electron chi connectivity index (χ0n) is 14.5. The number of carbonyl (C=O) groups excluding carboxylic acids is 1. The van der Waals surface area contributed by atoms with E-state index >= 15 is 0 Å². The van der Waals surface area contributed by atoms with E-state index < -0.39 is 0 Å². The van der Waals surface area contributed by atoms with Gasteiger partial charge in [0.2, 0.25) is 5.91 Å². The first-order chi connectivity index (χ1) is 12.1. The summed E-state index contributed by atoms with van der Waals surface area (Å²) in [6.07, 6.45) is 0. The third-order valence-electron chi connectivity index (χ3n) is 4.06. The lowest BCUT2D eigenvalue weighted by Gasteiger charge is -2.17. The van der Waals surface area contributed by atoms with E-state index in [4.69, 9.17) is 4.74 Å². The number of hydrogen-bond donors (Lipinski definition) is 1. The Balaban J connectivity index is 1.63. The predicted octanol–water partition coefficient (Wildman–Crippen LogP) is 3.55. The number of amides is 1. The molecule has 3 aromatic rings. The van der Waals surface area contributed by atoms with E-state index in [0.717, 1.165) is 27.5 Å². The second-order valence-electron chi connectivity index (χ2n) is 5.76. The molecule has 0 bridgehead atoms. The Kier molecular flexibility index (Phi) is 5.28. The largest absolute Gasteiger partial charge is 0.496 e. The van der Waals surface area contributed by atoms with Gasteiger partial charge in [0.05, 0.1) is 29.9 Å². The number of benzene rings is 2. The van der Waals surface area contributed by atoms with Gasteiger partial charge in [-0.05, 0) is 25.1 Å². The van der Waals surface area contributed by atoms with Gasteiger partial charge in [-0.25, -0.2) is 4.98 Å². The molecule has 1 N–H and O–H groups in total. The van der Waals surface area contributed by atoms with Crippen LogP contribution < -0.4 is 10.1 Å². The minimum absolute atomic E-state index is 0.0320. The smallest absolute Gasteiger partial charge is 0.230 e. The highest BCUT2D eigenvalue weighted by molar-refractivity contribution is 7.99. The van der Waals surface area contributed by atoms with Gasteiger partial charge in [-0.3, -0.25) is 4.79 Å². The Hall–Kier alpha value is -2.47. The average molecular weight is 355 g/mol. The van der Waals surface area contributed by atoms with Crippen LogP contribution in [-0.4, -0.2) is 28.3 Å². The lowest BCUT2D eigenvalue weighted by Crippen LogP contribution is -2.28. The molecular weight excluding hydrogens is 334 g/mol. The number of para-hydroxylation sites is 3. The van der Waals surface area contributed by atoms with Crippen LogP contribution in [0.2, 0.25) is 0 Å². The first kappa shape index (κ1) is 17.4. The Morgan fingerprint density at radius 3 is 2.72 bits per heavy atom. The molecule has 0 fully saturated rings. The number of methoxy groups -OCH3 is 1. The molecule has 0 aliphatic carbocycles. The molecule has 1 aromatic heterocycles. The maximum absolute atomic E-state index is 12.3. The number of thioether (sulfide) groups is 1. The molecule has 1 amide bonds. The molecule has 3 rings (SSSR count). The highest BCUT2D eigenvalue weighted by Gasteiger charge is 2.15. The number of nitrogens with one attached hydrogen (secondary N) is 1. The highest BCUT2D eigenvalue weighted by Crippen LogP contribution is 2.25. The van der Waals surface area contributed by atoms with Crippen molar-refractivity contribution < 1.29 is 9.53 Å². The second-order valence-corrected chi connectivity index (χ2v) is 6.70. The van der Waals surface area contributed by atoms with E-state index in [2.05, 4.69) is 10.3 Å². The molecule has 130 valence electrons. The van der Waals surface area contributed by atoms with E-state index in [-0.39, 0.29) is 11.9 Å². The second kappa shape index (κ2) is 7.61. The molecule has 0 saturated carbocycles. The van der Waals surface area contributed by atoms with Gasteiger partial charge in [-0.2, -0.15) is 0 Å². The van der Waals surface area contributed by atoms with E-state index in [1.807, 2.05) is 67.1 Å². The van der Waals surface area contributed by atoms with Gasteiger partial charge < -0.3 is 14.6 Å². The predicted molar refractivity (Wildman–Crippen MR) is 101 cm³/mol. The Labute approximate surface area is 151 Å². The standard InChI is InChI=1S/C19H21N3O2S/c1-13(14-8-4-7-11-17(14)24-3)20-18(23)12-25-19-21-15-9-5-6-10-16(15)22(19)2/h4-11,13H,12H2,1-3H3,(H,20,23). The quantitative estimate of drug-likeness (QED) is 0.687. The van der Waals surface area contributed by atoms with E-state index in [9.17, 15) is 4.79 Å². The first-order valence-electron chi connectivity index (χ1n) is 8.06. The number of carbonyl (C=O) groups is 1. The maximum Gasteiger partial charge on any atom is 0.230 e. The molecule has 1 unspecified atom stereocenters. The summed E-state index contributed by atoms with van der Waals surface area (Å²) < 4.78 is 7.37. The Bertz CT molecular complexity index is 891. The van der Waals surface area contributed by atoms with Gasteiger partial charge in [0.15, 0.2) is 5.16 Å². The van der Waals surface area contributed by atoms with E-state index in [0.29, 0.717) is 5.75 Å². The minimum atomic E-state index is -0.121. The lowest BCUT2D eigenvalue weighted by molar-refractivity contribution is -0.119. The normalized spacial score (nSPS) is 12.1. The number of hydrogen-bond acceptors (Lipinski definition) is 4. The summed E-state index contributed by atoms with van der Waals surface area (Å²) in [5, 5.41) is 3.85. The van der Waals surface area contributed by atoms with Crippen LogP contribution >= 0.6 is 11.8 Å². The third-order valence-corrected chi connectivity index (χ3v) is 5.09. The number of aromatic nitrogens is 2. The fraction of sp³-hybridized carbons (Fsp3) is 0.263. The van der Waals surface area contributed by atoms with Crippen molar-refractivity contribution in [3.8, 4) is 5.75 Å². The highest BCUT2D eigenvalue weighted by atomic mass is 32.2. The molecule has 1 heterocycles. The van der Waals surface area contributed by atoms with Crippen LogP contribution in [0.4, 0.5) is 0 Å². The molecule has 2 aromatic carbocycles. The molecular formula is C19H21N3O2S. The Morgan fingerprint density at radius 1 is 1.24 bits per heavy atom. The van der Waals surface area contributed by atoms with Gasteiger partial charge >= 0.3 is 0 Å². The first-order valence-corrected chi connectivity index (χ1v) is 9.05. The fourth-order valence-corrected chi connectivity index (χ4v) is 3.57. The monoisotopic (exact) mass is 355 g/mol.